The van der Waals surface area contributed by atoms with Crippen molar-refractivity contribution < 1.29 is 14.6 Å². The zero-order valence-corrected chi connectivity index (χ0v) is 10.8. The molecule has 3 nitrogen and oxygen atoms in total. The molecular formula is C14H24O3. The summed E-state index contributed by atoms with van der Waals surface area (Å²) in [6.45, 7) is 5.90. The Labute approximate surface area is 104 Å². The van der Waals surface area contributed by atoms with Gasteiger partial charge in [0, 0.05) is 5.57 Å². The summed E-state index contributed by atoms with van der Waals surface area (Å²) >= 11 is 0. The van der Waals surface area contributed by atoms with Crippen molar-refractivity contribution in [3.63, 3.8) is 0 Å². The molecule has 0 bridgehead atoms. The highest BCUT2D eigenvalue weighted by molar-refractivity contribution is 5.87. The summed E-state index contributed by atoms with van der Waals surface area (Å²) < 4.78 is 4.87. The minimum absolute atomic E-state index is 0.303. The van der Waals surface area contributed by atoms with Gasteiger partial charge >= 0.3 is 5.97 Å². The number of aliphatic hydroxyl groups is 1. The Morgan fingerprint density at radius 3 is 2.59 bits per heavy atom. The molecule has 0 aliphatic heterocycles. The highest BCUT2D eigenvalue weighted by atomic mass is 16.5. The van der Waals surface area contributed by atoms with Crippen LogP contribution in [0.15, 0.2) is 12.2 Å². The summed E-state index contributed by atoms with van der Waals surface area (Å²) in [6.07, 6.45) is 7.49. The van der Waals surface area contributed by atoms with Gasteiger partial charge in [0.2, 0.25) is 0 Å². The van der Waals surface area contributed by atoms with Gasteiger partial charge in [0.25, 0.3) is 0 Å². The van der Waals surface area contributed by atoms with E-state index in [1.807, 2.05) is 0 Å². The first-order valence-corrected chi connectivity index (χ1v) is 6.65. The Hall–Kier alpha value is -0.830. The second kappa shape index (κ2) is 6.80. The molecule has 0 saturated heterocycles. The monoisotopic (exact) mass is 240 g/mol. The first-order valence-electron chi connectivity index (χ1n) is 6.65. The Morgan fingerprint density at radius 2 is 2.00 bits per heavy atom. The van der Waals surface area contributed by atoms with E-state index in [0.29, 0.717) is 18.6 Å². The lowest BCUT2D eigenvalue weighted by atomic mass is 9.81. The molecular weight excluding hydrogens is 216 g/mol. The van der Waals surface area contributed by atoms with Crippen LogP contribution in [0.1, 0.15) is 58.3 Å². The number of hydrogen-bond donors (Lipinski definition) is 1. The van der Waals surface area contributed by atoms with Crippen LogP contribution < -0.4 is 0 Å². The first-order chi connectivity index (χ1) is 8.07. The molecule has 0 atom stereocenters. The lowest BCUT2D eigenvalue weighted by molar-refractivity contribution is -0.138. The van der Waals surface area contributed by atoms with E-state index >= 15 is 0 Å². The van der Waals surface area contributed by atoms with Crippen molar-refractivity contribution in [1.82, 2.24) is 0 Å². The molecule has 0 heterocycles. The molecule has 98 valence electrons. The summed E-state index contributed by atoms with van der Waals surface area (Å²) in [5.41, 5.74) is 0.0268. The Balaban J connectivity index is 2.22. The van der Waals surface area contributed by atoms with Crippen LogP contribution in [-0.2, 0) is 9.53 Å². The van der Waals surface area contributed by atoms with E-state index in [9.17, 15) is 9.90 Å². The summed E-state index contributed by atoms with van der Waals surface area (Å²) in [5, 5.41) is 10.3. The van der Waals surface area contributed by atoms with Crippen LogP contribution in [0.4, 0.5) is 0 Å². The summed E-state index contributed by atoms with van der Waals surface area (Å²) in [6, 6.07) is 0. The van der Waals surface area contributed by atoms with E-state index in [2.05, 4.69) is 6.58 Å². The molecule has 0 aromatic carbocycles. The topological polar surface area (TPSA) is 46.5 Å². The molecule has 1 aliphatic carbocycles. The second-order valence-electron chi connectivity index (χ2n) is 4.96. The minimum atomic E-state index is -0.493. The van der Waals surface area contributed by atoms with Crippen molar-refractivity contribution in [3.8, 4) is 0 Å². The Morgan fingerprint density at radius 1 is 1.35 bits per heavy atom. The van der Waals surface area contributed by atoms with Gasteiger partial charge in [0.05, 0.1) is 12.2 Å². The molecule has 1 saturated carbocycles. The lowest BCUT2D eigenvalue weighted by Gasteiger charge is -2.32. The molecule has 3 heteroatoms. The number of ether oxygens (including phenoxy) is 1. The van der Waals surface area contributed by atoms with E-state index in [1.165, 1.54) is 6.42 Å². The summed E-state index contributed by atoms with van der Waals surface area (Å²) in [7, 11) is 0. The highest BCUT2D eigenvalue weighted by Crippen LogP contribution is 2.32. The zero-order chi connectivity index (χ0) is 12.7. The lowest BCUT2D eigenvalue weighted by Crippen LogP contribution is -2.31. The third kappa shape index (κ3) is 4.90. The number of hydrogen-bond acceptors (Lipinski definition) is 3. The van der Waals surface area contributed by atoms with Crippen LogP contribution in [0.5, 0.6) is 0 Å². The fraction of sp³-hybridized carbons (Fsp3) is 0.786. The van der Waals surface area contributed by atoms with Crippen molar-refractivity contribution in [2.75, 3.05) is 6.61 Å². The molecule has 17 heavy (non-hydrogen) atoms. The van der Waals surface area contributed by atoms with E-state index in [-0.39, 0.29) is 5.97 Å². The van der Waals surface area contributed by atoms with Gasteiger partial charge in [0.15, 0.2) is 0 Å². The van der Waals surface area contributed by atoms with Crippen molar-refractivity contribution >= 4 is 5.97 Å². The highest BCUT2D eigenvalue weighted by Gasteiger charge is 2.28. The van der Waals surface area contributed by atoms with Crippen LogP contribution in [0.25, 0.3) is 0 Å². The van der Waals surface area contributed by atoms with Crippen LogP contribution in [-0.4, -0.2) is 23.3 Å². The quantitative estimate of drug-likeness (QED) is 0.573. The van der Waals surface area contributed by atoms with Crippen LogP contribution in [0.2, 0.25) is 0 Å². The van der Waals surface area contributed by atoms with Gasteiger partial charge in [-0.25, -0.2) is 4.79 Å². The Bertz CT molecular complexity index is 265. The van der Waals surface area contributed by atoms with Gasteiger partial charge < -0.3 is 9.84 Å². The van der Waals surface area contributed by atoms with Crippen molar-refractivity contribution in [3.05, 3.63) is 12.2 Å². The third-order valence-corrected chi connectivity index (χ3v) is 3.47. The molecule has 1 rings (SSSR count). The molecule has 0 amide bonds. The maximum absolute atomic E-state index is 11.3. The van der Waals surface area contributed by atoms with Gasteiger partial charge in [0.1, 0.15) is 0 Å². The van der Waals surface area contributed by atoms with Crippen LogP contribution in [0, 0.1) is 0 Å². The summed E-state index contributed by atoms with van der Waals surface area (Å²) in [5.74, 6) is -0.303. The molecule has 0 unspecified atom stereocenters. The van der Waals surface area contributed by atoms with Crippen LogP contribution in [0.3, 0.4) is 0 Å². The third-order valence-electron chi connectivity index (χ3n) is 3.47. The fourth-order valence-corrected chi connectivity index (χ4v) is 2.43. The van der Waals surface area contributed by atoms with Gasteiger partial charge in [-0.2, -0.15) is 0 Å². The van der Waals surface area contributed by atoms with E-state index in [4.69, 9.17) is 4.74 Å². The van der Waals surface area contributed by atoms with E-state index in [0.717, 1.165) is 38.5 Å². The van der Waals surface area contributed by atoms with Crippen molar-refractivity contribution in [1.29, 1.82) is 0 Å². The predicted molar refractivity (Wildman–Crippen MR) is 67.7 cm³/mol. The molecule has 0 radical (unpaired) electrons. The maximum atomic E-state index is 11.3. The van der Waals surface area contributed by atoms with Gasteiger partial charge in [-0.1, -0.05) is 25.8 Å². The maximum Gasteiger partial charge on any atom is 0.333 e. The second-order valence-corrected chi connectivity index (χ2v) is 4.96. The number of carbonyl (C=O) groups excluding carboxylic acids is 1. The van der Waals surface area contributed by atoms with Gasteiger partial charge in [-0.3, -0.25) is 0 Å². The minimum Gasteiger partial charge on any atom is -0.463 e. The normalized spacial score (nSPS) is 18.7. The van der Waals surface area contributed by atoms with Gasteiger partial charge in [-0.15, -0.1) is 0 Å². The number of carbonyl (C=O) groups is 1. The SMILES string of the molecule is C=C(CCCC1(O)CCCCC1)C(=O)OCC. The average molecular weight is 240 g/mol. The Kier molecular flexibility index (Phi) is 5.69. The smallest absolute Gasteiger partial charge is 0.333 e. The fourth-order valence-electron chi connectivity index (χ4n) is 2.43. The van der Waals surface area contributed by atoms with E-state index < -0.39 is 5.60 Å². The average Bonchev–Trinajstić information content (AvgIpc) is 2.30. The van der Waals surface area contributed by atoms with Crippen molar-refractivity contribution in [2.45, 2.75) is 63.9 Å². The first kappa shape index (κ1) is 14.2. The molecule has 1 fully saturated rings. The molecule has 0 aromatic rings. The molecule has 0 spiro atoms. The summed E-state index contributed by atoms with van der Waals surface area (Å²) in [4.78, 5) is 11.3. The van der Waals surface area contributed by atoms with Crippen molar-refractivity contribution in [2.24, 2.45) is 0 Å². The van der Waals surface area contributed by atoms with Gasteiger partial charge in [-0.05, 0) is 39.0 Å². The largest absolute Gasteiger partial charge is 0.463 e. The molecule has 1 aliphatic rings. The predicted octanol–water partition coefficient (Wildman–Crippen LogP) is 2.97. The van der Waals surface area contributed by atoms with Crippen LogP contribution >= 0.6 is 0 Å². The number of esters is 1. The zero-order valence-electron chi connectivity index (χ0n) is 10.8. The van der Waals surface area contributed by atoms with E-state index in [1.54, 1.807) is 6.92 Å². The number of rotatable bonds is 6. The molecule has 0 aromatic heterocycles. The molecule has 1 N–H and O–H groups in total. The standard InChI is InChI=1S/C14H24O3/c1-3-17-13(15)12(2)8-7-11-14(16)9-5-4-6-10-14/h16H,2-11H2,1H3.